The molecule has 2 heterocycles. The van der Waals surface area contributed by atoms with E-state index in [2.05, 4.69) is 20.6 Å². The third-order valence-electron chi connectivity index (χ3n) is 3.58. The fourth-order valence-corrected chi connectivity index (χ4v) is 3.16. The molecular formula is C18H16ClN5O5S. The van der Waals surface area contributed by atoms with Crippen molar-refractivity contribution in [3.8, 4) is 11.4 Å². The molecule has 3 rings (SSSR count). The minimum Gasteiger partial charge on any atom is -0.481 e. The molecule has 1 N–H and O–H groups in total. The Morgan fingerprint density at radius 2 is 2.03 bits per heavy atom. The molecule has 0 saturated carbocycles. The van der Waals surface area contributed by atoms with Gasteiger partial charge in [0, 0.05) is 0 Å². The molecule has 12 heteroatoms. The molecule has 0 saturated heterocycles. The second-order valence-electron chi connectivity index (χ2n) is 5.74. The van der Waals surface area contributed by atoms with E-state index in [0.29, 0.717) is 10.1 Å². The number of halogens is 1. The Kier molecular flexibility index (Phi) is 6.75. The number of carbonyl (C=O) groups is 2. The van der Waals surface area contributed by atoms with E-state index in [0.717, 1.165) is 10.7 Å². The average Bonchev–Trinajstić information content (AvgIpc) is 3.11. The first-order chi connectivity index (χ1) is 14.4. The van der Waals surface area contributed by atoms with Crippen LogP contribution in [0.4, 0.5) is 5.13 Å². The van der Waals surface area contributed by atoms with E-state index in [1.54, 1.807) is 38.1 Å². The molecule has 10 nitrogen and oxygen atoms in total. The number of anilines is 1. The second-order valence-corrected chi connectivity index (χ2v) is 7.33. The molecule has 0 aliphatic carbocycles. The third-order valence-corrected chi connectivity index (χ3v) is 4.65. The van der Waals surface area contributed by atoms with Gasteiger partial charge in [0.2, 0.25) is 10.8 Å². The molecule has 156 valence electrons. The van der Waals surface area contributed by atoms with Crippen molar-refractivity contribution in [1.82, 2.24) is 20.0 Å². The van der Waals surface area contributed by atoms with Crippen LogP contribution in [-0.4, -0.2) is 45.1 Å². The maximum atomic E-state index is 12.6. The lowest BCUT2D eigenvalue weighted by Crippen LogP contribution is -2.27. The van der Waals surface area contributed by atoms with Gasteiger partial charge in [0.1, 0.15) is 5.01 Å². The number of nitrogens with zero attached hydrogens (tertiary/aromatic N) is 4. The molecule has 0 fully saturated rings. The van der Waals surface area contributed by atoms with E-state index in [1.807, 2.05) is 0 Å². The van der Waals surface area contributed by atoms with Gasteiger partial charge in [-0.3, -0.25) is 14.9 Å². The molecule has 0 aliphatic rings. The third kappa shape index (κ3) is 4.99. The Labute approximate surface area is 179 Å². The summed E-state index contributed by atoms with van der Waals surface area (Å²) in [6.07, 6.45) is 0. The van der Waals surface area contributed by atoms with Crippen molar-refractivity contribution < 1.29 is 19.1 Å². The molecule has 0 radical (unpaired) electrons. The molecule has 3 aromatic rings. The van der Waals surface area contributed by atoms with Crippen LogP contribution < -0.4 is 15.6 Å². The normalized spacial score (nSPS) is 10.5. The van der Waals surface area contributed by atoms with Gasteiger partial charge >= 0.3 is 5.97 Å². The van der Waals surface area contributed by atoms with Gasteiger partial charge in [-0.05, 0) is 26.0 Å². The molecule has 1 amide bonds. The van der Waals surface area contributed by atoms with E-state index in [9.17, 15) is 14.4 Å². The van der Waals surface area contributed by atoms with Crippen LogP contribution in [0.3, 0.4) is 0 Å². The molecular weight excluding hydrogens is 434 g/mol. The number of amides is 1. The summed E-state index contributed by atoms with van der Waals surface area (Å²) >= 11 is 7.33. The topological polar surface area (TPSA) is 125 Å². The number of aromatic nitrogens is 4. The molecule has 0 unspecified atom stereocenters. The maximum absolute atomic E-state index is 12.6. The van der Waals surface area contributed by atoms with Crippen LogP contribution in [0.1, 0.15) is 22.4 Å². The van der Waals surface area contributed by atoms with Crippen molar-refractivity contribution in [3.05, 3.63) is 56.4 Å². The Morgan fingerprint density at radius 1 is 1.27 bits per heavy atom. The number of ether oxygens (including phenoxy) is 2. The lowest BCUT2D eigenvalue weighted by atomic mass is 10.3. The van der Waals surface area contributed by atoms with Crippen LogP contribution in [-0.2, 0) is 9.53 Å². The van der Waals surface area contributed by atoms with Crippen LogP contribution in [0.2, 0.25) is 5.02 Å². The second kappa shape index (κ2) is 9.46. The highest BCUT2D eigenvalue weighted by atomic mass is 35.5. The Bertz CT molecular complexity index is 1150. The lowest BCUT2D eigenvalue weighted by molar-refractivity contribution is -0.118. The van der Waals surface area contributed by atoms with Crippen molar-refractivity contribution in [2.24, 2.45) is 0 Å². The van der Waals surface area contributed by atoms with Crippen molar-refractivity contribution in [1.29, 1.82) is 0 Å². The summed E-state index contributed by atoms with van der Waals surface area (Å²) in [5.41, 5.74) is -0.590. The first kappa shape index (κ1) is 21.4. The Hall–Kier alpha value is -3.31. The number of hydrogen-bond donors (Lipinski definition) is 1. The van der Waals surface area contributed by atoms with Crippen LogP contribution in [0.5, 0.6) is 5.75 Å². The van der Waals surface area contributed by atoms with Gasteiger partial charge in [-0.2, -0.15) is 9.78 Å². The molecule has 0 atom stereocenters. The summed E-state index contributed by atoms with van der Waals surface area (Å²) in [7, 11) is 0. The number of hydrogen-bond acceptors (Lipinski definition) is 9. The first-order valence-corrected chi connectivity index (χ1v) is 9.87. The molecule has 0 spiro atoms. The van der Waals surface area contributed by atoms with Gasteiger partial charge in [0.25, 0.3) is 11.5 Å². The van der Waals surface area contributed by atoms with Gasteiger partial charge in [-0.25, -0.2) is 4.79 Å². The monoisotopic (exact) mass is 449 g/mol. The van der Waals surface area contributed by atoms with Crippen LogP contribution in [0.25, 0.3) is 5.69 Å². The Morgan fingerprint density at radius 3 is 2.70 bits per heavy atom. The largest absolute Gasteiger partial charge is 0.481 e. The van der Waals surface area contributed by atoms with Gasteiger partial charge in [0.15, 0.2) is 12.4 Å². The maximum Gasteiger partial charge on any atom is 0.362 e. The molecule has 0 aliphatic heterocycles. The quantitative estimate of drug-likeness (QED) is 0.544. The summed E-state index contributed by atoms with van der Waals surface area (Å²) in [5, 5.41) is 15.4. The molecule has 0 bridgehead atoms. The fourth-order valence-electron chi connectivity index (χ4n) is 2.33. The van der Waals surface area contributed by atoms with Crippen LogP contribution in [0.15, 0.2) is 35.1 Å². The van der Waals surface area contributed by atoms with Crippen molar-refractivity contribution in [3.63, 3.8) is 0 Å². The van der Waals surface area contributed by atoms with Gasteiger partial charge < -0.3 is 9.47 Å². The van der Waals surface area contributed by atoms with Crippen LogP contribution in [0, 0.1) is 6.92 Å². The van der Waals surface area contributed by atoms with E-state index in [4.69, 9.17) is 21.1 Å². The van der Waals surface area contributed by atoms with Crippen LogP contribution >= 0.6 is 22.9 Å². The van der Waals surface area contributed by atoms with E-state index >= 15 is 0 Å². The molecule has 2 aromatic heterocycles. The molecule has 30 heavy (non-hydrogen) atoms. The summed E-state index contributed by atoms with van der Waals surface area (Å²) < 4.78 is 11.3. The minimum atomic E-state index is -0.812. The smallest absolute Gasteiger partial charge is 0.362 e. The fraction of sp³-hybridized carbons (Fsp3) is 0.222. The zero-order chi connectivity index (χ0) is 21.7. The summed E-state index contributed by atoms with van der Waals surface area (Å²) in [6.45, 7) is 2.97. The highest BCUT2D eigenvalue weighted by Gasteiger charge is 2.21. The Balaban J connectivity index is 1.88. The number of benzene rings is 1. The summed E-state index contributed by atoms with van der Waals surface area (Å²) in [6, 6.07) is 7.57. The molecule has 1 aromatic carbocycles. The highest BCUT2D eigenvalue weighted by molar-refractivity contribution is 7.15. The predicted molar refractivity (Wildman–Crippen MR) is 110 cm³/mol. The van der Waals surface area contributed by atoms with E-state index in [1.165, 1.54) is 11.3 Å². The number of carbonyl (C=O) groups excluding carboxylic acids is 2. The lowest BCUT2D eigenvalue weighted by Gasteiger charge is -2.13. The number of para-hydroxylation sites is 1. The van der Waals surface area contributed by atoms with Crippen molar-refractivity contribution >= 4 is 39.9 Å². The number of rotatable bonds is 7. The summed E-state index contributed by atoms with van der Waals surface area (Å²) in [5.74, 6) is -1.55. The van der Waals surface area contributed by atoms with Gasteiger partial charge in [-0.15, -0.1) is 10.2 Å². The number of nitrogens with one attached hydrogen (secondary N) is 1. The van der Waals surface area contributed by atoms with Gasteiger partial charge in [0.05, 0.1) is 23.4 Å². The van der Waals surface area contributed by atoms with E-state index in [-0.39, 0.29) is 28.8 Å². The first-order valence-electron chi connectivity index (χ1n) is 8.68. The number of esters is 1. The van der Waals surface area contributed by atoms with E-state index < -0.39 is 24.0 Å². The SMILES string of the molecule is CCOC(=O)c1nn(-c2ccccc2Cl)c(=O)cc1OCC(=O)Nc1nnc(C)s1. The van der Waals surface area contributed by atoms with Crippen molar-refractivity contribution in [2.45, 2.75) is 13.8 Å². The predicted octanol–water partition coefficient (Wildman–Crippen LogP) is 2.24. The summed E-state index contributed by atoms with van der Waals surface area (Å²) in [4.78, 5) is 37.0. The average molecular weight is 450 g/mol. The van der Waals surface area contributed by atoms with Gasteiger partial charge in [-0.1, -0.05) is 35.1 Å². The van der Waals surface area contributed by atoms with Crippen molar-refractivity contribution in [2.75, 3.05) is 18.5 Å². The number of aryl methyl sites for hydroxylation is 1. The zero-order valence-electron chi connectivity index (χ0n) is 15.9. The standard InChI is InChI=1S/C18H16ClN5O5S/c1-3-28-17(27)16-13(29-9-14(25)20-18-22-21-10(2)30-18)8-15(26)24(23-16)12-7-5-4-6-11(12)19/h4-8H,3,9H2,1-2H3,(H,20,22,25). The zero-order valence-corrected chi connectivity index (χ0v) is 17.5. The minimum absolute atomic E-state index is 0.0854. The highest BCUT2D eigenvalue weighted by Crippen LogP contribution is 2.21.